The van der Waals surface area contributed by atoms with E-state index in [1.807, 2.05) is 36.1 Å². The average molecular weight is 577 g/mol. The van der Waals surface area contributed by atoms with Gasteiger partial charge < -0.3 is 25.2 Å². The normalized spacial score (nSPS) is 13.9. The molecule has 1 saturated heterocycles. The van der Waals surface area contributed by atoms with Gasteiger partial charge in [0.1, 0.15) is 12.3 Å². The Labute approximate surface area is 208 Å². The monoisotopic (exact) mass is 577 g/mol. The first-order valence-corrected chi connectivity index (χ1v) is 10.3. The van der Waals surface area contributed by atoms with Gasteiger partial charge in [-0.1, -0.05) is 0 Å². The Bertz CT molecular complexity index is 967. The molecule has 1 aliphatic heterocycles. The third kappa shape index (κ3) is 6.89. The van der Waals surface area contributed by atoms with Crippen LogP contribution in [0.25, 0.3) is 0 Å². The molecule has 2 N–H and O–H groups in total. The molecule has 3 rings (SSSR count). The smallest absolute Gasteiger partial charge is 0.246 e. The number of ether oxygens (including phenoxy) is 1. The van der Waals surface area contributed by atoms with Gasteiger partial charge in [-0.05, 0) is 43.3 Å². The molecule has 0 aromatic heterocycles. The molecule has 1 fully saturated rings. The Kier molecular flexibility index (Phi) is 10.1. The van der Waals surface area contributed by atoms with Crippen molar-refractivity contribution >= 4 is 47.2 Å². The topological polar surface area (TPSA) is 69.2 Å². The van der Waals surface area contributed by atoms with Crippen LogP contribution in [0.3, 0.4) is 0 Å². The maximum Gasteiger partial charge on any atom is 0.246 e. The lowest BCUT2D eigenvalue weighted by atomic mass is 10.2. The summed E-state index contributed by atoms with van der Waals surface area (Å²) in [4.78, 5) is 20.8. The van der Waals surface area contributed by atoms with E-state index in [-0.39, 0.29) is 30.5 Å². The molecular weight excluding hydrogens is 550 g/mol. The Morgan fingerprint density at radius 1 is 1.03 bits per heavy atom. The zero-order valence-electron chi connectivity index (χ0n) is 18.4. The van der Waals surface area contributed by atoms with Gasteiger partial charge in [0.25, 0.3) is 0 Å². The van der Waals surface area contributed by atoms with Gasteiger partial charge in [-0.25, -0.2) is 18.2 Å². The summed E-state index contributed by atoms with van der Waals surface area (Å²) in [5.74, 6) is -3.67. The number of methoxy groups -OCH3 is 1. The molecule has 7 nitrogen and oxygen atoms in total. The number of rotatable bonds is 6. The third-order valence-electron chi connectivity index (χ3n) is 5.03. The Morgan fingerprint density at radius 2 is 1.70 bits per heavy atom. The zero-order valence-corrected chi connectivity index (χ0v) is 20.7. The first kappa shape index (κ1) is 26.6. The number of piperazine rings is 1. The van der Waals surface area contributed by atoms with Crippen molar-refractivity contribution < 1.29 is 22.7 Å². The van der Waals surface area contributed by atoms with Gasteiger partial charge in [-0.2, -0.15) is 0 Å². The fraction of sp³-hybridized carbons (Fsp3) is 0.364. The third-order valence-corrected chi connectivity index (χ3v) is 5.03. The molecule has 2 aromatic carbocycles. The standard InChI is InChI=1S/C22H26F3N5O2.HI/c1-3-26-22(27-14-19(31)28-18-9-8-17(23)20(24)21(18)25)30-12-10-29(11-13-30)15-4-6-16(32-2)7-5-15;/h4-9H,3,10-14H2,1-2H3,(H,26,27)(H,28,31);1H. The van der Waals surface area contributed by atoms with E-state index in [2.05, 4.69) is 20.5 Å². The van der Waals surface area contributed by atoms with Crippen LogP contribution < -0.4 is 20.3 Å². The first-order chi connectivity index (χ1) is 15.4. The van der Waals surface area contributed by atoms with Crippen molar-refractivity contribution in [3.8, 4) is 5.75 Å². The van der Waals surface area contributed by atoms with Gasteiger partial charge in [0.05, 0.1) is 12.8 Å². The van der Waals surface area contributed by atoms with E-state index in [1.165, 1.54) is 0 Å². The number of anilines is 2. The molecule has 180 valence electrons. The first-order valence-electron chi connectivity index (χ1n) is 10.3. The molecule has 0 aliphatic carbocycles. The number of guanidine groups is 1. The van der Waals surface area contributed by atoms with Crippen LogP contribution in [0.5, 0.6) is 5.75 Å². The van der Waals surface area contributed by atoms with Crippen molar-refractivity contribution in [1.29, 1.82) is 0 Å². The zero-order chi connectivity index (χ0) is 23.1. The minimum absolute atomic E-state index is 0. The molecule has 33 heavy (non-hydrogen) atoms. The van der Waals surface area contributed by atoms with E-state index in [0.29, 0.717) is 25.6 Å². The predicted octanol–water partition coefficient (Wildman–Crippen LogP) is 3.46. The minimum atomic E-state index is -1.63. The van der Waals surface area contributed by atoms with Crippen LogP contribution in [0.15, 0.2) is 41.4 Å². The molecule has 1 aliphatic rings. The largest absolute Gasteiger partial charge is 0.497 e. The Hall–Kier alpha value is -2.70. The Balaban J connectivity index is 0.00000385. The summed E-state index contributed by atoms with van der Waals surface area (Å²) >= 11 is 0. The highest BCUT2D eigenvalue weighted by atomic mass is 127. The minimum Gasteiger partial charge on any atom is -0.497 e. The van der Waals surface area contributed by atoms with Gasteiger partial charge >= 0.3 is 0 Å². The molecule has 2 aromatic rings. The van der Waals surface area contributed by atoms with Crippen molar-refractivity contribution in [3.05, 3.63) is 53.8 Å². The highest BCUT2D eigenvalue weighted by Gasteiger charge is 2.20. The number of carbonyl (C=O) groups is 1. The van der Waals surface area contributed by atoms with Crippen molar-refractivity contribution in [2.24, 2.45) is 4.99 Å². The van der Waals surface area contributed by atoms with E-state index in [9.17, 15) is 18.0 Å². The lowest BCUT2D eigenvalue weighted by molar-refractivity contribution is -0.114. The van der Waals surface area contributed by atoms with Crippen LogP contribution in [0.2, 0.25) is 0 Å². The predicted molar refractivity (Wildman–Crippen MR) is 133 cm³/mol. The number of nitrogens with zero attached hydrogens (tertiary/aromatic N) is 3. The molecule has 0 unspecified atom stereocenters. The molecule has 0 bridgehead atoms. The van der Waals surface area contributed by atoms with Crippen molar-refractivity contribution in [1.82, 2.24) is 10.2 Å². The lowest BCUT2D eigenvalue weighted by Gasteiger charge is -2.37. The van der Waals surface area contributed by atoms with E-state index < -0.39 is 29.0 Å². The van der Waals surface area contributed by atoms with Crippen molar-refractivity contribution in [3.63, 3.8) is 0 Å². The summed E-state index contributed by atoms with van der Waals surface area (Å²) < 4.78 is 45.3. The van der Waals surface area contributed by atoms with E-state index in [4.69, 9.17) is 4.74 Å². The summed E-state index contributed by atoms with van der Waals surface area (Å²) in [6, 6.07) is 9.58. The van der Waals surface area contributed by atoms with Gasteiger partial charge in [0, 0.05) is 38.4 Å². The molecule has 1 amide bonds. The fourth-order valence-electron chi connectivity index (χ4n) is 3.35. The van der Waals surface area contributed by atoms with Gasteiger partial charge in [-0.3, -0.25) is 4.79 Å². The van der Waals surface area contributed by atoms with Crippen molar-refractivity contribution in [2.75, 3.05) is 56.6 Å². The average Bonchev–Trinajstić information content (AvgIpc) is 2.82. The second kappa shape index (κ2) is 12.5. The number of carbonyl (C=O) groups excluding carboxylic acids is 1. The lowest BCUT2D eigenvalue weighted by Crippen LogP contribution is -2.52. The van der Waals surface area contributed by atoms with E-state index in [1.54, 1.807) is 7.11 Å². The summed E-state index contributed by atoms with van der Waals surface area (Å²) in [6.45, 7) is 5.15. The summed E-state index contributed by atoms with van der Waals surface area (Å²) in [5, 5.41) is 5.37. The van der Waals surface area contributed by atoms with Crippen LogP contribution >= 0.6 is 24.0 Å². The highest BCUT2D eigenvalue weighted by Crippen LogP contribution is 2.21. The molecule has 0 saturated carbocycles. The summed E-state index contributed by atoms with van der Waals surface area (Å²) in [5.41, 5.74) is 0.669. The number of benzene rings is 2. The number of aliphatic imine (C=N–C) groups is 1. The number of amides is 1. The summed E-state index contributed by atoms with van der Waals surface area (Å²) in [7, 11) is 1.63. The number of nitrogens with one attached hydrogen (secondary N) is 2. The second-order valence-corrected chi connectivity index (χ2v) is 7.11. The van der Waals surface area contributed by atoms with Crippen LogP contribution in [-0.2, 0) is 4.79 Å². The maximum atomic E-state index is 13.8. The van der Waals surface area contributed by atoms with E-state index >= 15 is 0 Å². The molecule has 0 atom stereocenters. The maximum absolute atomic E-state index is 13.8. The van der Waals surface area contributed by atoms with Gasteiger partial charge in [0.15, 0.2) is 23.4 Å². The molecule has 0 radical (unpaired) electrons. The van der Waals surface area contributed by atoms with Crippen LogP contribution in [0.1, 0.15) is 6.92 Å². The fourth-order valence-corrected chi connectivity index (χ4v) is 3.35. The van der Waals surface area contributed by atoms with Gasteiger partial charge in [0.2, 0.25) is 5.91 Å². The van der Waals surface area contributed by atoms with Gasteiger partial charge in [-0.15, -0.1) is 24.0 Å². The Morgan fingerprint density at radius 3 is 2.30 bits per heavy atom. The molecular formula is C22H27F3IN5O2. The van der Waals surface area contributed by atoms with E-state index in [0.717, 1.165) is 36.7 Å². The highest BCUT2D eigenvalue weighted by molar-refractivity contribution is 14.0. The second-order valence-electron chi connectivity index (χ2n) is 7.11. The van der Waals surface area contributed by atoms with Crippen LogP contribution in [0, 0.1) is 17.5 Å². The van der Waals surface area contributed by atoms with Crippen LogP contribution in [-0.4, -0.2) is 63.1 Å². The quantitative estimate of drug-likeness (QED) is 0.239. The van der Waals surface area contributed by atoms with Crippen molar-refractivity contribution in [2.45, 2.75) is 6.92 Å². The summed E-state index contributed by atoms with van der Waals surface area (Å²) in [6.07, 6.45) is 0. The number of hydrogen-bond acceptors (Lipinski definition) is 4. The SMILES string of the molecule is CCNC(=NCC(=O)Nc1ccc(F)c(F)c1F)N1CCN(c2ccc(OC)cc2)CC1.I. The molecule has 11 heteroatoms. The number of halogens is 4. The van der Waals surface area contributed by atoms with Crippen LogP contribution in [0.4, 0.5) is 24.5 Å². The molecule has 0 spiro atoms. The molecule has 1 heterocycles. The number of hydrogen-bond donors (Lipinski definition) is 2.